The van der Waals surface area contributed by atoms with Gasteiger partial charge in [-0.3, -0.25) is 0 Å². The predicted octanol–water partition coefficient (Wildman–Crippen LogP) is 4.67. The Morgan fingerprint density at radius 1 is 0.923 bits per heavy atom. The molecule has 4 rings (SSSR count). The molecule has 208 valence electrons. The lowest BCUT2D eigenvalue weighted by Crippen LogP contribution is -2.35. The van der Waals surface area contributed by atoms with Crippen molar-refractivity contribution < 1.29 is 26.5 Å². The fourth-order valence-electron chi connectivity index (χ4n) is 4.56. The van der Waals surface area contributed by atoms with Crippen LogP contribution in [-0.2, 0) is 33.0 Å². The van der Waals surface area contributed by atoms with Gasteiger partial charge in [0.05, 0.1) is 11.5 Å². The number of phenolic OH excluding ortho intramolecular Hbond substituents is 1. The van der Waals surface area contributed by atoms with Crippen molar-refractivity contribution in [2.45, 2.75) is 25.7 Å². The lowest BCUT2D eigenvalue weighted by Gasteiger charge is -2.26. The Labute approximate surface area is 232 Å². The molecule has 0 spiro atoms. The molecule has 1 atom stereocenters. The van der Waals surface area contributed by atoms with E-state index < -0.39 is 21.2 Å². The Kier molecular flexibility index (Phi) is 9.12. The third-order valence-electron chi connectivity index (χ3n) is 7.00. The molecule has 0 bridgehead atoms. The molecule has 0 saturated carbocycles. The Balaban J connectivity index is 1.37. The Hall–Kier alpha value is -3.18. The van der Waals surface area contributed by atoms with Crippen LogP contribution in [0.1, 0.15) is 30.5 Å². The molecule has 39 heavy (non-hydrogen) atoms. The average Bonchev–Trinajstić information content (AvgIpc) is 3.31. The highest BCUT2D eigenvalue weighted by atomic mass is 32.2. The van der Waals surface area contributed by atoms with Crippen molar-refractivity contribution in [1.82, 2.24) is 9.88 Å². The number of benzene rings is 3. The molecule has 3 N–H and O–H groups in total. The fraction of sp³-hybridized carbons (Fsp3) is 0.310. The summed E-state index contributed by atoms with van der Waals surface area (Å²) in [6, 6.07) is 21.9. The molecule has 0 fully saturated rings. The van der Waals surface area contributed by atoms with Gasteiger partial charge in [0.15, 0.2) is 11.1 Å². The van der Waals surface area contributed by atoms with Crippen LogP contribution in [0.15, 0.2) is 79.0 Å². The molecule has 3 aromatic carbocycles. The number of aromatic hydroxyl groups is 1. The molecule has 0 aliphatic carbocycles. The lowest BCUT2D eigenvalue weighted by atomic mass is 9.78. The van der Waals surface area contributed by atoms with Crippen molar-refractivity contribution >= 4 is 32.1 Å². The topological polar surface area (TPSA) is 120 Å². The molecule has 0 radical (unpaired) electrons. The molecule has 1 unspecified atom stereocenters. The molecular formula is C29H34N2O6S2. The van der Waals surface area contributed by atoms with Gasteiger partial charge in [0.1, 0.15) is 11.5 Å². The third kappa shape index (κ3) is 7.69. The number of H-pyrrole nitrogens is 1. The summed E-state index contributed by atoms with van der Waals surface area (Å²) in [4.78, 5) is 5.11. The van der Waals surface area contributed by atoms with Crippen molar-refractivity contribution in [3.05, 3.63) is 95.7 Å². The number of phenols is 1. The van der Waals surface area contributed by atoms with Crippen LogP contribution in [0.4, 0.5) is 0 Å². The first-order valence-electron chi connectivity index (χ1n) is 12.7. The molecule has 4 aromatic rings. The summed E-state index contributed by atoms with van der Waals surface area (Å²) in [5.41, 5.74) is 3.76. The summed E-state index contributed by atoms with van der Waals surface area (Å²) in [7, 11) is -3.89. The maximum absolute atomic E-state index is 12.8. The zero-order valence-corrected chi connectivity index (χ0v) is 23.7. The zero-order chi connectivity index (χ0) is 28.0. The van der Waals surface area contributed by atoms with E-state index in [1.165, 1.54) is 0 Å². The highest BCUT2D eigenvalue weighted by molar-refractivity contribution is 7.87. The van der Waals surface area contributed by atoms with Gasteiger partial charge in [-0.25, -0.2) is 4.21 Å². The van der Waals surface area contributed by atoms with Gasteiger partial charge >= 0.3 is 10.1 Å². The summed E-state index contributed by atoms with van der Waals surface area (Å²) >= 11 is -1.97. The molecule has 8 nitrogen and oxygen atoms in total. The third-order valence-corrected chi connectivity index (χ3v) is 8.66. The van der Waals surface area contributed by atoms with E-state index >= 15 is 0 Å². The van der Waals surface area contributed by atoms with Crippen LogP contribution in [0.5, 0.6) is 11.5 Å². The Morgan fingerprint density at radius 3 is 2.23 bits per heavy atom. The minimum Gasteiger partial charge on any atom is -0.508 e. The Morgan fingerprint density at radius 2 is 1.56 bits per heavy atom. The summed E-state index contributed by atoms with van der Waals surface area (Å²) < 4.78 is 51.5. The van der Waals surface area contributed by atoms with E-state index in [1.54, 1.807) is 24.3 Å². The first-order valence-corrected chi connectivity index (χ1v) is 15.6. The van der Waals surface area contributed by atoms with Crippen molar-refractivity contribution in [3.8, 4) is 11.5 Å². The normalized spacial score (nSPS) is 13.1. The van der Waals surface area contributed by atoms with Crippen molar-refractivity contribution in [2.75, 3.05) is 31.1 Å². The average molecular weight is 571 g/mol. The molecule has 1 heterocycles. The van der Waals surface area contributed by atoms with E-state index in [2.05, 4.69) is 18.8 Å². The second-order valence-corrected chi connectivity index (χ2v) is 12.8. The maximum atomic E-state index is 12.8. The largest absolute Gasteiger partial charge is 0.508 e. The molecule has 0 saturated heterocycles. The SMILES string of the molecule is CC(C)(c1ccc(O)cc1)c1ccc(OS(=O)(=O)CCN(CCc2c[nH]c3ccccc23)CCS(=O)O)cc1. The quantitative estimate of drug-likeness (QED) is 0.158. The number of aromatic nitrogens is 1. The summed E-state index contributed by atoms with van der Waals surface area (Å²) in [5.74, 6) is 0.207. The van der Waals surface area contributed by atoms with E-state index in [0.29, 0.717) is 19.5 Å². The number of nitrogens with one attached hydrogen (secondary N) is 1. The van der Waals surface area contributed by atoms with Crippen LogP contribution < -0.4 is 4.18 Å². The van der Waals surface area contributed by atoms with Gasteiger partial charge in [-0.1, -0.05) is 56.3 Å². The maximum Gasteiger partial charge on any atom is 0.310 e. The van der Waals surface area contributed by atoms with Gasteiger partial charge in [-0.05, 0) is 53.4 Å². The number of rotatable bonds is 13. The number of aromatic amines is 1. The van der Waals surface area contributed by atoms with Crippen molar-refractivity contribution in [3.63, 3.8) is 0 Å². The van der Waals surface area contributed by atoms with Gasteiger partial charge in [-0.2, -0.15) is 8.42 Å². The van der Waals surface area contributed by atoms with Crippen LogP contribution in [0.2, 0.25) is 0 Å². The highest BCUT2D eigenvalue weighted by Crippen LogP contribution is 2.33. The van der Waals surface area contributed by atoms with E-state index in [4.69, 9.17) is 4.18 Å². The summed E-state index contributed by atoms with van der Waals surface area (Å²) in [5, 5.41) is 10.7. The van der Waals surface area contributed by atoms with Crippen LogP contribution in [-0.4, -0.2) is 63.3 Å². The van der Waals surface area contributed by atoms with E-state index in [1.807, 2.05) is 59.6 Å². The van der Waals surface area contributed by atoms with E-state index in [9.17, 15) is 22.3 Å². The van der Waals surface area contributed by atoms with Crippen molar-refractivity contribution in [1.29, 1.82) is 0 Å². The summed E-state index contributed by atoms with van der Waals surface area (Å²) in [6.07, 6.45) is 2.61. The number of fused-ring (bicyclic) bond motifs is 1. The number of hydrogen-bond acceptors (Lipinski definition) is 6. The highest BCUT2D eigenvalue weighted by Gasteiger charge is 2.24. The van der Waals surface area contributed by atoms with Crippen LogP contribution in [0.25, 0.3) is 10.9 Å². The molecule has 0 amide bonds. The van der Waals surface area contributed by atoms with Crippen LogP contribution in [0, 0.1) is 0 Å². The first kappa shape index (κ1) is 28.8. The minimum absolute atomic E-state index is 0.0348. The van der Waals surface area contributed by atoms with E-state index in [0.717, 1.165) is 27.6 Å². The molecule has 0 aliphatic heterocycles. The molecule has 10 heteroatoms. The lowest BCUT2D eigenvalue weighted by molar-refractivity contribution is 0.306. The zero-order valence-electron chi connectivity index (χ0n) is 22.0. The smallest absolute Gasteiger partial charge is 0.310 e. The number of hydrogen-bond donors (Lipinski definition) is 3. The van der Waals surface area contributed by atoms with Gasteiger partial charge in [0.2, 0.25) is 0 Å². The molecule has 1 aromatic heterocycles. The fourth-order valence-corrected chi connectivity index (χ4v) is 5.94. The van der Waals surface area contributed by atoms with Gasteiger partial charge in [0, 0.05) is 42.1 Å². The van der Waals surface area contributed by atoms with Gasteiger partial charge < -0.3 is 23.7 Å². The second kappa shape index (κ2) is 12.3. The Bertz CT molecular complexity index is 1510. The van der Waals surface area contributed by atoms with E-state index in [-0.39, 0.29) is 35.0 Å². The first-order chi connectivity index (χ1) is 18.5. The standard InChI is InChI=1S/C29H34N2O6S2/c1-29(2,23-7-11-25(32)12-8-23)24-9-13-26(14-10-24)37-39(35,36)20-18-31(17-19-38(33)34)16-15-22-21-30-28-6-4-3-5-27(22)28/h3-14,21,30,32H,15-20H2,1-2H3,(H,33,34). The molecule has 0 aliphatic rings. The van der Waals surface area contributed by atoms with Crippen molar-refractivity contribution in [2.24, 2.45) is 0 Å². The van der Waals surface area contributed by atoms with Gasteiger partial charge in [0.25, 0.3) is 0 Å². The number of nitrogens with zero attached hydrogens (tertiary/aromatic N) is 1. The molecular weight excluding hydrogens is 536 g/mol. The minimum atomic E-state index is -3.89. The van der Waals surface area contributed by atoms with Crippen LogP contribution in [0.3, 0.4) is 0 Å². The van der Waals surface area contributed by atoms with Crippen LogP contribution >= 0.6 is 0 Å². The summed E-state index contributed by atoms with van der Waals surface area (Å²) in [6.45, 7) is 5.11. The number of para-hydroxylation sites is 1. The second-order valence-electron chi connectivity index (χ2n) is 10.0. The monoisotopic (exact) mass is 570 g/mol. The predicted molar refractivity (Wildman–Crippen MR) is 155 cm³/mol. The van der Waals surface area contributed by atoms with Gasteiger partial charge in [-0.15, -0.1) is 0 Å².